The van der Waals surface area contributed by atoms with Crippen molar-refractivity contribution in [2.24, 2.45) is 0 Å². The summed E-state index contributed by atoms with van der Waals surface area (Å²) in [4.78, 5) is 23.1. The lowest BCUT2D eigenvalue weighted by Crippen LogP contribution is -2.22. The van der Waals surface area contributed by atoms with Crippen LogP contribution >= 0.6 is 0 Å². The molecule has 0 aliphatic heterocycles. The predicted octanol–water partition coefficient (Wildman–Crippen LogP) is 4.10. The van der Waals surface area contributed by atoms with E-state index in [2.05, 4.69) is 10.4 Å². The number of nitrogens with one attached hydrogen (secondary N) is 1. The quantitative estimate of drug-likeness (QED) is 0.452. The van der Waals surface area contributed by atoms with E-state index in [1.165, 1.54) is 25.3 Å². The number of aromatic nitrogens is 2. The normalized spacial score (nSPS) is 11.1. The number of hydrogen-bond acceptors (Lipinski definition) is 6. The summed E-state index contributed by atoms with van der Waals surface area (Å²) < 4.78 is 12.3. The molecule has 1 aromatic heterocycles. The molecule has 31 heavy (non-hydrogen) atoms. The molecule has 9 nitrogen and oxygen atoms in total. The number of amides is 1. The molecule has 0 bridgehead atoms. The zero-order valence-electron chi connectivity index (χ0n) is 17.8. The molecule has 0 aliphatic carbocycles. The molecule has 3 aromatic rings. The van der Waals surface area contributed by atoms with Gasteiger partial charge >= 0.3 is 0 Å². The maximum Gasteiger partial charge on any atom is 0.273 e. The second kappa shape index (κ2) is 8.86. The number of rotatable bonds is 7. The first-order valence-electron chi connectivity index (χ1n) is 9.60. The Kier molecular flexibility index (Phi) is 6.24. The van der Waals surface area contributed by atoms with Crippen LogP contribution in [0.3, 0.4) is 0 Å². The topological polar surface area (TPSA) is 109 Å². The van der Waals surface area contributed by atoms with Gasteiger partial charge in [-0.15, -0.1) is 0 Å². The van der Waals surface area contributed by atoms with Gasteiger partial charge in [0.15, 0.2) is 18.1 Å². The first-order valence-corrected chi connectivity index (χ1v) is 9.60. The molecule has 0 radical (unpaired) electrons. The zero-order valence-corrected chi connectivity index (χ0v) is 17.8. The van der Waals surface area contributed by atoms with E-state index in [0.29, 0.717) is 11.6 Å². The van der Waals surface area contributed by atoms with Gasteiger partial charge in [-0.3, -0.25) is 14.9 Å². The van der Waals surface area contributed by atoms with E-state index in [1.807, 2.05) is 57.2 Å². The summed E-state index contributed by atoms with van der Waals surface area (Å²) in [5, 5.41) is 18.5. The summed E-state index contributed by atoms with van der Waals surface area (Å²) in [6, 6.07) is 15.2. The highest BCUT2D eigenvalue weighted by molar-refractivity contribution is 5.91. The highest BCUT2D eigenvalue weighted by Crippen LogP contribution is 2.31. The van der Waals surface area contributed by atoms with Gasteiger partial charge in [0.05, 0.1) is 29.5 Å². The van der Waals surface area contributed by atoms with Crippen LogP contribution in [-0.2, 0) is 10.2 Å². The molecule has 1 amide bonds. The molecule has 2 aromatic carbocycles. The van der Waals surface area contributed by atoms with Crippen LogP contribution in [0.4, 0.5) is 11.5 Å². The minimum atomic E-state index is -0.543. The number of hydrogen-bond donors (Lipinski definition) is 1. The molecule has 0 saturated carbocycles. The molecule has 9 heteroatoms. The number of carbonyl (C=O) groups is 1. The molecule has 0 saturated heterocycles. The van der Waals surface area contributed by atoms with Gasteiger partial charge in [-0.05, 0) is 18.2 Å². The van der Waals surface area contributed by atoms with Crippen LogP contribution in [0.5, 0.6) is 11.5 Å². The number of nitro groups is 1. The highest BCUT2D eigenvalue weighted by Gasteiger charge is 2.22. The lowest BCUT2D eigenvalue weighted by Gasteiger charge is -2.14. The number of nitro benzene ring substituents is 1. The van der Waals surface area contributed by atoms with Gasteiger partial charge < -0.3 is 14.8 Å². The second-order valence-corrected chi connectivity index (χ2v) is 7.84. The second-order valence-electron chi connectivity index (χ2n) is 7.84. The summed E-state index contributed by atoms with van der Waals surface area (Å²) in [7, 11) is 1.42. The van der Waals surface area contributed by atoms with Crippen LogP contribution in [0, 0.1) is 10.1 Å². The molecule has 0 spiro atoms. The molecule has 0 atom stereocenters. The Hall–Kier alpha value is -3.88. The standard InChI is InChI=1S/C22H24N4O5/c1-22(2,3)19-13-20(25(24-19)15-8-6-5-7-9-15)23-21(27)14-31-18-12-16(26(28)29)10-11-17(18)30-4/h5-13H,14H2,1-4H3,(H,23,27). The fourth-order valence-electron chi connectivity index (χ4n) is 2.82. The van der Waals surface area contributed by atoms with Crippen molar-refractivity contribution in [2.75, 3.05) is 19.0 Å². The first kappa shape index (κ1) is 21.8. The Bertz CT molecular complexity index is 1090. The van der Waals surface area contributed by atoms with Gasteiger partial charge in [0.25, 0.3) is 11.6 Å². The van der Waals surface area contributed by atoms with E-state index in [9.17, 15) is 14.9 Å². The number of non-ortho nitro benzene ring substituents is 1. The Balaban J connectivity index is 1.80. The fourth-order valence-corrected chi connectivity index (χ4v) is 2.82. The van der Waals surface area contributed by atoms with Gasteiger partial charge in [-0.1, -0.05) is 39.0 Å². The monoisotopic (exact) mass is 424 g/mol. The van der Waals surface area contributed by atoms with E-state index in [-0.39, 0.29) is 23.5 Å². The van der Waals surface area contributed by atoms with Crippen molar-refractivity contribution >= 4 is 17.4 Å². The molecule has 3 rings (SSSR count). The number of para-hydroxylation sites is 1. The van der Waals surface area contributed by atoms with Crippen molar-refractivity contribution in [3.63, 3.8) is 0 Å². The Morgan fingerprint density at radius 2 is 1.84 bits per heavy atom. The summed E-state index contributed by atoms with van der Waals surface area (Å²) in [5.41, 5.74) is 1.24. The Labute approximate surface area is 179 Å². The first-order chi connectivity index (χ1) is 14.7. The summed E-state index contributed by atoms with van der Waals surface area (Å²) in [6.07, 6.45) is 0. The zero-order chi connectivity index (χ0) is 22.6. The van der Waals surface area contributed by atoms with Crippen molar-refractivity contribution < 1.29 is 19.2 Å². The molecule has 1 heterocycles. The molecule has 0 unspecified atom stereocenters. The lowest BCUT2D eigenvalue weighted by molar-refractivity contribution is -0.385. The van der Waals surface area contributed by atoms with Crippen molar-refractivity contribution in [3.8, 4) is 17.2 Å². The van der Waals surface area contributed by atoms with Gasteiger partial charge in [0, 0.05) is 17.5 Å². The Morgan fingerprint density at radius 3 is 2.45 bits per heavy atom. The van der Waals surface area contributed by atoms with Gasteiger partial charge in [-0.2, -0.15) is 5.10 Å². The molecule has 162 valence electrons. The number of benzene rings is 2. The largest absolute Gasteiger partial charge is 0.493 e. The molecule has 0 aliphatic rings. The maximum absolute atomic E-state index is 12.6. The lowest BCUT2D eigenvalue weighted by atomic mass is 9.92. The third-order valence-corrected chi connectivity index (χ3v) is 4.46. The number of methoxy groups -OCH3 is 1. The van der Waals surface area contributed by atoms with Crippen LogP contribution in [-0.4, -0.2) is 34.3 Å². The third-order valence-electron chi connectivity index (χ3n) is 4.46. The summed E-state index contributed by atoms with van der Waals surface area (Å²) in [5.74, 6) is 0.461. The van der Waals surface area contributed by atoms with Crippen LogP contribution in [0.1, 0.15) is 26.5 Å². The van der Waals surface area contributed by atoms with E-state index in [1.54, 1.807) is 4.68 Å². The maximum atomic E-state index is 12.6. The van der Waals surface area contributed by atoms with Gasteiger partial charge in [-0.25, -0.2) is 4.68 Å². The average Bonchev–Trinajstić information content (AvgIpc) is 3.16. The SMILES string of the molecule is COc1ccc([N+](=O)[O-])cc1OCC(=O)Nc1cc(C(C)(C)C)nn1-c1ccccc1. The van der Waals surface area contributed by atoms with Crippen molar-refractivity contribution in [2.45, 2.75) is 26.2 Å². The Morgan fingerprint density at radius 1 is 1.13 bits per heavy atom. The van der Waals surface area contributed by atoms with Gasteiger partial charge in [0.1, 0.15) is 5.82 Å². The van der Waals surface area contributed by atoms with Crippen LogP contribution in [0.15, 0.2) is 54.6 Å². The minimum Gasteiger partial charge on any atom is -0.493 e. The number of ether oxygens (including phenoxy) is 2. The smallest absolute Gasteiger partial charge is 0.273 e. The van der Waals surface area contributed by atoms with Crippen molar-refractivity contribution in [1.82, 2.24) is 9.78 Å². The molecular weight excluding hydrogens is 400 g/mol. The van der Waals surface area contributed by atoms with Crippen LogP contribution in [0.25, 0.3) is 5.69 Å². The van der Waals surface area contributed by atoms with Crippen molar-refractivity contribution in [3.05, 3.63) is 70.4 Å². The molecule has 1 N–H and O–H groups in total. The van der Waals surface area contributed by atoms with Crippen molar-refractivity contribution in [1.29, 1.82) is 0 Å². The van der Waals surface area contributed by atoms with E-state index in [0.717, 1.165) is 11.4 Å². The molecule has 0 fully saturated rings. The highest BCUT2D eigenvalue weighted by atomic mass is 16.6. The molecular formula is C22H24N4O5. The predicted molar refractivity (Wildman–Crippen MR) is 116 cm³/mol. The third kappa shape index (κ3) is 5.19. The van der Waals surface area contributed by atoms with Gasteiger partial charge in [0.2, 0.25) is 0 Å². The fraction of sp³-hybridized carbons (Fsp3) is 0.273. The number of carbonyl (C=O) groups excluding carboxylic acids is 1. The van der Waals surface area contributed by atoms with Crippen LogP contribution < -0.4 is 14.8 Å². The van der Waals surface area contributed by atoms with Crippen LogP contribution in [0.2, 0.25) is 0 Å². The summed E-state index contributed by atoms with van der Waals surface area (Å²) >= 11 is 0. The summed E-state index contributed by atoms with van der Waals surface area (Å²) in [6.45, 7) is 5.75. The van der Waals surface area contributed by atoms with E-state index >= 15 is 0 Å². The van der Waals surface area contributed by atoms with E-state index < -0.39 is 10.8 Å². The average molecular weight is 424 g/mol. The number of anilines is 1. The van der Waals surface area contributed by atoms with E-state index in [4.69, 9.17) is 9.47 Å². The minimum absolute atomic E-state index is 0.110. The number of nitrogens with zero attached hydrogens (tertiary/aromatic N) is 3.